The van der Waals surface area contributed by atoms with Gasteiger partial charge in [0.05, 0.1) is 11.4 Å². The molecule has 0 aliphatic heterocycles. The van der Waals surface area contributed by atoms with Crippen molar-refractivity contribution in [2.45, 2.75) is 31.6 Å². The number of nitrogens with zero attached hydrogens (tertiary/aromatic N) is 3. The average Bonchev–Trinajstić information content (AvgIpc) is 3.04. The molecule has 0 aliphatic rings. The molecule has 1 aromatic heterocycles. The number of hydrogen-bond donors (Lipinski definition) is 2. The minimum atomic E-state index is -3.82. The summed E-state index contributed by atoms with van der Waals surface area (Å²) in [6.07, 6.45) is 1.12. The third-order valence-corrected chi connectivity index (χ3v) is 5.53. The van der Waals surface area contributed by atoms with Crippen molar-refractivity contribution >= 4 is 27.5 Å². The molecule has 0 aliphatic carbocycles. The van der Waals surface area contributed by atoms with Gasteiger partial charge in [-0.05, 0) is 37.6 Å². The Morgan fingerprint density at radius 1 is 1.21 bits per heavy atom. The lowest BCUT2D eigenvalue weighted by molar-refractivity contribution is -0.121. The Labute approximate surface area is 163 Å². The van der Waals surface area contributed by atoms with E-state index >= 15 is 0 Å². The first-order valence-electron chi connectivity index (χ1n) is 8.58. The van der Waals surface area contributed by atoms with Crippen molar-refractivity contribution in [2.24, 2.45) is 0 Å². The van der Waals surface area contributed by atoms with E-state index in [0.29, 0.717) is 36.8 Å². The van der Waals surface area contributed by atoms with Gasteiger partial charge in [0.1, 0.15) is 0 Å². The fourth-order valence-electron chi connectivity index (χ4n) is 2.35. The molecule has 2 rings (SSSR count). The van der Waals surface area contributed by atoms with E-state index in [1.54, 1.807) is 6.92 Å². The summed E-state index contributed by atoms with van der Waals surface area (Å²) in [5.74, 6) is 0.381. The molecular weight excluding hydrogens is 386 g/mol. The van der Waals surface area contributed by atoms with Gasteiger partial charge in [0.15, 0.2) is 5.82 Å². The first kappa shape index (κ1) is 21.5. The lowest BCUT2D eigenvalue weighted by atomic mass is 10.3. The van der Waals surface area contributed by atoms with Crippen LogP contribution in [0.2, 0.25) is 0 Å². The number of amides is 2. The smallest absolute Gasteiger partial charge is 0.243 e. The van der Waals surface area contributed by atoms with Crippen LogP contribution in [0.3, 0.4) is 0 Å². The summed E-state index contributed by atoms with van der Waals surface area (Å²) in [7, 11) is -2.49. The number of aromatic nitrogens is 2. The maximum Gasteiger partial charge on any atom is 0.243 e. The fraction of sp³-hybridized carbons (Fsp3) is 0.412. The third kappa shape index (κ3) is 6.13. The fourth-order valence-corrected chi connectivity index (χ4v) is 3.47. The van der Waals surface area contributed by atoms with Crippen LogP contribution in [-0.2, 0) is 26.0 Å². The van der Waals surface area contributed by atoms with Gasteiger partial charge in [0, 0.05) is 32.6 Å². The SMILES string of the molecule is CC(=O)Nc1ccc(S(=O)(=O)N(C)CC(=O)NCCCc2nc(C)no2)cc1. The van der Waals surface area contributed by atoms with Gasteiger partial charge in [0.25, 0.3) is 0 Å². The van der Waals surface area contributed by atoms with Crippen LogP contribution >= 0.6 is 0 Å². The molecule has 1 aromatic carbocycles. The number of aryl methyl sites for hydroxylation is 2. The highest BCUT2D eigenvalue weighted by Gasteiger charge is 2.22. The van der Waals surface area contributed by atoms with Crippen molar-refractivity contribution < 1.29 is 22.5 Å². The predicted molar refractivity (Wildman–Crippen MR) is 101 cm³/mol. The summed E-state index contributed by atoms with van der Waals surface area (Å²) in [4.78, 5) is 27.1. The second kappa shape index (κ2) is 9.42. The zero-order chi connectivity index (χ0) is 20.7. The van der Waals surface area contributed by atoms with Gasteiger partial charge in [-0.3, -0.25) is 9.59 Å². The van der Waals surface area contributed by atoms with Crippen LogP contribution in [0.5, 0.6) is 0 Å². The highest BCUT2D eigenvalue weighted by molar-refractivity contribution is 7.89. The van der Waals surface area contributed by atoms with Gasteiger partial charge in [-0.1, -0.05) is 5.16 Å². The topological polar surface area (TPSA) is 134 Å². The highest BCUT2D eigenvalue weighted by Crippen LogP contribution is 2.17. The van der Waals surface area contributed by atoms with Crippen molar-refractivity contribution in [3.63, 3.8) is 0 Å². The van der Waals surface area contributed by atoms with Crippen LogP contribution in [-0.4, -0.2) is 54.8 Å². The predicted octanol–water partition coefficient (Wildman–Crippen LogP) is 0.706. The third-order valence-electron chi connectivity index (χ3n) is 3.71. The normalized spacial score (nSPS) is 11.4. The number of benzene rings is 1. The number of nitrogens with one attached hydrogen (secondary N) is 2. The van der Waals surface area contributed by atoms with Crippen molar-refractivity contribution in [1.29, 1.82) is 0 Å². The molecule has 2 N–H and O–H groups in total. The number of hydrogen-bond acceptors (Lipinski definition) is 7. The van der Waals surface area contributed by atoms with Gasteiger partial charge in [0.2, 0.25) is 27.7 Å². The molecule has 2 aromatic rings. The Balaban J connectivity index is 1.83. The second-order valence-corrected chi connectivity index (χ2v) is 8.20. The number of sulfonamides is 1. The number of likely N-dealkylation sites (N-methyl/N-ethyl adjacent to an activating group) is 1. The molecule has 0 unspecified atom stereocenters. The molecule has 0 saturated carbocycles. The van der Waals surface area contributed by atoms with Gasteiger partial charge < -0.3 is 15.2 Å². The van der Waals surface area contributed by atoms with Crippen molar-refractivity contribution in [1.82, 2.24) is 19.8 Å². The number of carbonyl (C=O) groups is 2. The Bertz CT molecular complexity index is 924. The van der Waals surface area contributed by atoms with Crippen LogP contribution in [0, 0.1) is 6.92 Å². The average molecular weight is 409 g/mol. The Morgan fingerprint density at radius 2 is 1.89 bits per heavy atom. The molecule has 0 radical (unpaired) electrons. The maximum atomic E-state index is 12.5. The molecule has 2 amide bonds. The lowest BCUT2D eigenvalue weighted by Gasteiger charge is -2.17. The Hall–Kier alpha value is -2.79. The molecule has 152 valence electrons. The van der Waals surface area contributed by atoms with Crippen LogP contribution in [0.4, 0.5) is 5.69 Å². The summed E-state index contributed by atoms with van der Waals surface area (Å²) >= 11 is 0. The summed E-state index contributed by atoms with van der Waals surface area (Å²) in [6, 6.07) is 5.73. The summed E-state index contributed by atoms with van der Waals surface area (Å²) < 4.78 is 31.0. The molecule has 0 bridgehead atoms. The standard InChI is InChI=1S/C17H23N5O5S/c1-12-19-17(27-21-12)5-4-10-18-16(24)11-22(3)28(25,26)15-8-6-14(7-9-15)20-13(2)23/h6-9H,4-5,10-11H2,1-3H3,(H,18,24)(H,20,23). The molecule has 10 nitrogen and oxygen atoms in total. The van der Waals surface area contributed by atoms with Gasteiger partial charge >= 0.3 is 0 Å². The molecule has 28 heavy (non-hydrogen) atoms. The van der Waals surface area contributed by atoms with E-state index in [4.69, 9.17) is 4.52 Å². The van der Waals surface area contributed by atoms with E-state index in [1.807, 2.05) is 0 Å². The molecule has 0 spiro atoms. The Kier molecular flexibility index (Phi) is 7.24. The number of anilines is 1. The summed E-state index contributed by atoms with van der Waals surface area (Å²) in [6.45, 7) is 3.13. The largest absolute Gasteiger partial charge is 0.355 e. The quantitative estimate of drug-likeness (QED) is 0.582. The summed E-state index contributed by atoms with van der Waals surface area (Å²) in [5.41, 5.74) is 0.489. The van der Waals surface area contributed by atoms with Crippen molar-refractivity contribution in [3.05, 3.63) is 36.0 Å². The zero-order valence-electron chi connectivity index (χ0n) is 15.9. The zero-order valence-corrected chi connectivity index (χ0v) is 16.7. The van der Waals surface area contributed by atoms with Crippen LogP contribution < -0.4 is 10.6 Å². The molecule has 1 heterocycles. The van der Waals surface area contributed by atoms with E-state index in [-0.39, 0.29) is 17.3 Å². The van der Waals surface area contributed by atoms with Gasteiger partial charge in [-0.15, -0.1) is 0 Å². The Morgan fingerprint density at radius 3 is 2.46 bits per heavy atom. The maximum absolute atomic E-state index is 12.5. The molecule has 11 heteroatoms. The van der Waals surface area contributed by atoms with Crippen molar-refractivity contribution in [3.8, 4) is 0 Å². The lowest BCUT2D eigenvalue weighted by Crippen LogP contribution is -2.38. The van der Waals surface area contributed by atoms with Crippen molar-refractivity contribution in [2.75, 3.05) is 25.5 Å². The minimum absolute atomic E-state index is 0.0312. The molecule has 0 fully saturated rings. The van der Waals surface area contributed by atoms with Crippen LogP contribution in [0.15, 0.2) is 33.7 Å². The van der Waals surface area contributed by atoms with E-state index in [1.165, 1.54) is 38.2 Å². The second-order valence-electron chi connectivity index (χ2n) is 6.16. The van der Waals surface area contributed by atoms with E-state index in [2.05, 4.69) is 20.8 Å². The highest BCUT2D eigenvalue weighted by atomic mass is 32.2. The van der Waals surface area contributed by atoms with E-state index < -0.39 is 15.9 Å². The van der Waals surface area contributed by atoms with Crippen LogP contribution in [0.1, 0.15) is 25.1 Å². The molecule has 0 atom stereocenters. The monoisotopic (exact) mass is 409 g/mol. The van der Waals surface area contributed by atoms with Gasteiger partial charge in [-0.25, -0.2) is 8.42 Å². The molecular formula is C17H23N5O5S. The molecule has 0 saturated heterocycles. The number of carbonyl (C=O) groups excluding carboxylic acids is 2. The van der Waals surface area contributed by atoms with Crippen LogP contribution in [0.25, 0.3) is 0 Å². The number of rotatable bonds is 9. The van der Waals surface area contributed by atoms with E-state index in [9.17, 15) is 18.0 Å². The van der Waals surface area contributed by atoms with E-state index in [0.717, 1.165) is 4.31 Å². The summed E-state index contributed by atoms with van der Waals surface area (Å²) in [5, 5.41) is 8.90. The van der Waals surface area contributed by atoms with Gasteiger partial charge in [-0.2, -0.15) is 9.29 Å². The first-order chi connectivity index (χ1) is 13.2. The minimum Gasteiger partial charge on any atom is -0.355 e. The first-order valence-corrected chi connectivity index (χ1v) is 10.0.